The molecule has 0 radical (unpaired) electrons. The highest BCUT2D eigenvalue weighted by molar-refractivity contribution is 7.09. The number of hydrogen-bond donors (Lipinski definition) is 1. The average Bonchev–Trinajstić information content (AvgIpc) is 2.86. The number of nitrogens with zero attached hydrogens (tertiary/aromatic N) is 1. The van der Waals surface area contributed by atoms with E-state index in [-0.39, 0.29) is 5.54 Å². The first-order valence-corrected chi connectivity index (χ1v) is 8.53. The fourth-order valence-electron chi connectivity index (χ4n) is 2.14. The van der Waals surface area contributed by atoms with Crippen molar-refractivity contribution >= 4 is 11.3 Å². The monoisotopic (exact) mass is 302 g/mol. The third-order valence-electron chi connectivity index (χ3n) is 3.42. The molecule has 0 saturated heterocycles. The molecule has 2 nitrogen and oxygen atoms in total. The minimum absolute atomic E-state index is 0.173. The first-order chi connectivity index (χ1) is 9.85. The summed E-state index contributed by atoms with van der Waals surface area (Å²) in [5.41, 5.74) is 3.86. The van der Waals surface area contributed by atoms with Gasteiger partial charge in [0, 0.05) is 29.4 Å². The Morgan fingerprint density at radius 2 is 1.81 bits per heavy atom. The third-order valence-corrected chi connectivity index (χ3v) is 4.33. The van der Waals surface area contributed by atoms with E-state index in [4.69, 9.17) is 4.98 Å². The quantitative estimate of drug-likeness (QED) is 0.853. The molecule has 0 amide bonds. The highest BCUT2D eigenvalue weighted by Crippen LogP contribution is 2.24. The summed E-state index contributed by atoms with van der Waals surface area (Å²) in [7, 11) is 0. The van der Waals surface area contributed by atoms with Crippen LogP contribution in [0.3, 0.4) is 0 Å². The Morgan fingerprint density at radius 1 is 1.14 bits per heavy atom. The lowest BCUT2D eigenvalue weighted by molar-refractivity contribution is 0.429. The molecule has 0 aliphatic carbocycles. The Morgan fingerprint density at radius 3 is 2.38 bits per heavy atom. The second-order valence-corrected chi connectivity index (χ2v) is 7.77. The van der Waals surface area contributed by atoms with Crippen molar-refractivity contribution < 1.29 is 0 Å². The number of thiazole rings is 1. The normalized spacial score (nSPS) is 12.1. The van der Waals surface area contributed by atoms with Crippen LogP contribution in [0.5, 0.6) is 0 Å². The minimum atomic E-state index is 0.173. The zero-order valence-electron chi connectivity index (χ0n) is 13.7. The second kappa shape index (κ2) is 6.71. The van der Waals surface area contributed by atoms with Gasteiger partial charge in [0.05, 0.1) is 10.7 Å². The van der Waals surface area contributed by atoms with Crippen LogP contribution in [-0.2, 0) is 6.42 Å². The maximum absolute atomic E-state index is 4.75. The maximum Gasteiger partial charge on any atom is 0.0945 e. The van der Waals surface area contributed by atoms with Crippen LogP contribution in [0.4, 0.5) is 0 Å². The molecule has 3 heteroatoms. The zero-order valence-corrected chi connectivity index (χ0v) is 14.6. The summed E-state index contributed by atoms with van der Waals surface area (Å²) in [6.45, 7) is 12.0. The standard InChI is InChI=1S/C18H26N2S/c1-13(2)14-6-8-15(9-7-14)16-12-21-17(20-16)10-11-19-18(3,4)5/h6-9,12-13,19H,10-11H2,1-5H3. The molecule has 1 aromatic heterocycles. The molecular weight excluding hydrogens is 276 g/mol. The van der Waals surface area contributed by atoms with Gasteiger partial charge in [-0.05, 0) is 32.3 Å². The predicted molar refractivity (Wildman–Crippen MR) is 93.1 cm³/mol. The van der Waals surface area contributed by atoms with E-state index in [1.54, 1.807) is 11.3 Å². The summed E-state index contributed by atoms with van der Waals surface area (Å²) in [4.78, 5) is 4.75. The molecule has 2 aromatic rings. The molecule has 0 spiro atoms. The van der Waals surface area contributed by atoms with Gasteiger partial charge in [-0.25, -0.2) is 4.98 Å². The van der Waals surface area contributed by atoms with Crippen molar-refractivity contribution in [3.63, 3.8) is 0 Å². The van der Waals surface area contributed by atoms with E-state index < -0.39 is 0 Å². The SMILES string of the molecule is CC(C)c1ccc(-c2csc(CCNC(C)(C)C)n2)cc1. The van der Waals surface area contributed by atoms with Crippen molar-refractivity contribution in [1.29, 1.82) is 0 Å². The third kappa shape index (κ3) is 4.94. The first kappa shape index (κ1) is 16.2. The maximum atomic E-state index is 4.75. The number of rotatable bonds is 5. The van der Waals surface area contributed by atoms with Crippen molar-refractivity contribution in [3.05, 3.63) is 40.2 Å². The Bertz CT molecular complexity index is 562. The fraction of sp³-hybridized carbons (Fsp3) is 0.500. The van der Waals surface area contributed by atoms with Gasteiger partial charge < -0.3 is 5.32 Å². The summed E-state index contributed by atoms with van der Waals surface area (Å²) in [6, 6.07) is 8.78. The molecule has 0 atom stereocenters. The summed E-state index contributed by atoms with van der Waals surface area (Å²) < 4.78 is 0. The number of nitrogens with one attached hydrogen (secondary N) is 1. The van der Waals surface area contributed by atoms with Gasteiger partial charge in [-0.15, -0.1) is 11.3 Å². The summed E-state index contributed by atoms with van der Waals surface area (Å²) in [5.74, 6) is 0.577. The van der Waals surface area contributed by atoms with Gasteiger partial charge in [-0.2, -0.15) is 0 Å². The van der Waals surface area contributed by atoms with Crippen LogP contribution in [0, 0.1) is 0 Å². The van der Waals surface area contributed by atoms with E-state index in [2.05, 4.69) is 69.6 Å². The Kier molecular flexibility index (Phi) is 5.17. The molecule has 1 N–H and O–H groups in total. The molecule has 0 bridgehead atoms. The van der Waals surface area contributed by atoms with E-state index >= 15 is 0 Å². The predicted octanol–water partition coefficient (Wildman–Crippen LogP) is 4.86. The van der Waals surface area contributed by atoms with Gasteiger partial charge in [0.2, 0.25) is 0 Å². The molecule has 0 fully saturated rings. The Labute approximate surface area is 132 Å². The van der Waals surface area contributed by atoms with Gasteiger partial charge in [-0.3, -0.25) is 0 Å². The molecule has 2 rings (SSSR count). The Hall–Kier alpha value is -1.19. The molecule has 0 unspecified atom stereocenters. The van der Waals surface area contributed by atoms with Crippen molar-refractivity contribution in [2.45, 2.75) is 52.5 Å². The van der Waals surface area contributed by atoms with Gasteiger partial charge in [-0.1, -0.05) is 38.1 Å². The molecule has 1 heterocycles. The van der Waals surface area contributed by atoms with Gasteiger partial charge in [0.1, 0.15) is 0 Å². The van der Waals surface area contributed by atoms with E-state index in [9.17, 15) is 0 Å². The van der Waals surface area contributed by atoms with Crippen LogP contribution in [0.2, 0.25) is 0 Å². The number of hydrogen-bond acceptors (Lipinski definition) is 3. The van der Waals surface area contributed by atoms with Gasteiger partial charge >= 0.3 is 0 Å². The molecule has 114 valence electrons. The van der Waals surface area contributed by atoms with E-state index in [0.29, 0.717) is 5.92 Å². The topological polar surface area (TPSA) is 24.9 Å². The fourth-order valence-corrected chi connectivity index (χ4v) is 2.95. The first-order valence-electron chi connectivity index (χ1n) is 7.65. The van der Waals surface area contributed by atoms with Crippen LogP contribution in [0.1, 0.15) is 51.1 Å². The lowest BCUT2D eigenvalue weighted by atomic mass is 10.0. The number of benzene rings is 1. The van der Waals surface area contributed by atoms with Gasteiger partial charge in [0.15, 0.2) is 0 Å². The van der Waals surface area contributed by atoms with Crippen LogP contribution in [-0.4, -0.2) is 17.1 Å². The Balaban J connectivity index is 1.99. The summed E-state index contributed by atoms with van der Waals surface area (Å²) in [6.07, 6.45) is 0.992. The second-order valence-electron chi connectivity index (χ2n) is 6.83. The van der Waals surface area contributed by atoms with Crippen LogP contribution in [0.25, 0.3) is 11.3 Å². The largest absolute Gasteiger partial charge is 0.312 e. The molecule has 21 heavy (non-hydrogen) atoms. The highest BCUT2D eigenvalue weighted by atomic mass is 32.1. The smallest absolute Gasteiger partial charge is 0.0945 e. The van der Waals surface area contributed by atoms with Crippen LogP contribution >= 0.6 is 11.3 Å². The van der Waals surface area contributed by atoms with E-state index in [1.807, 2.05) is 0 Å². The summed E-state index contributed by atoms with van der Waals surface area (Å²) >= 11 is 1.75. The summed E-state index contributed by atoms with van der Waals surface area (Å²) in [5, 5.41) is 6.87. The lowest BCUT2D eigenvalue weighted by Crippen LogP contribution is -2.37. The van der Waals surface area contributed by atoms with Crippen molar-refractivity contribution in [1.82, 2.24) is 10.3 Å². The van der Waals surface area contributed by atoms with Crippen molar-refractivity contribution in [3.8, 4) is 11.3 Å². The molecular formula is C18H26N2S. The average molecular weight is 302 g/mol. The van der Waals surface area contributed by atoms with Crippen molar-refractivity contribution in [2.24, 2.45) is 0 Å². The van der Waals surface area contributed by atoms with E-state index in [0.717, 1.165) is 18.7 Å². The highest BCUT2D eigenvalue weighted by Gasteiger charge is 2.09. The minimum Gasteiger partial charge on any atom is -0.312 e. The lowest BCUT2D eigenvalue weighted by Gasteiger charge is -2.19. The van der Waals surface area contributed by atoms with Crippen LogP contribution in [0.15, 0.2) is 29.6 Å². The van der Waals surface area contributed by atoms with E-state index in [1.165, 1.54) is 16.1 Å². The molecule has 0 aliphatic rings. The number of aromatic nitrogens is 1. The molecule has 1 aromatic carbocycles. The zero-order chi connectivity index (χ0) is 15.5. The van der Waals surface area contributed by atoms with Gasteiger partial charge in [0.25, 0.3) is 0 Å². The van der Waals surface area contributed by atoms with Crippen molar-refractivity contribution in [2.75, 3.05) is 6.54 Å². The molecule has 0 aliphatic heterocycles. The van der Waals surface area contributed by atoms with Crippen LogP contribution < -0.4 is 5.32 Å². The molecule has 0 saturated carbocycles.